The molecule has 0 saturated carbocycles. The van der Waals surface area contributed by atoms with Crippen molar-refractivity contribution in [1.29, 1.82) is 5.41 Å². The quantitative estimate of drug-likeness (QED) is 0.335. The van der Waals surface area contributed by atoms with E-state index in [1.807, 2.05) is 0 Å². The summed E-state index contributed by atoms with van der Waals surface area (Å²) in [5, 5.41) is 7.31. The molecular formula is C15H20N4O3. The number of nitrogen functional groups attached to an aromatic ring is 1. The van der Waals surface area contributed by atoms with Crippen LogP contribution < -0.4 is 10.5 Å². The molecule has 118 valence electrons. The van der Waals surface area contributed by atoms with Gasteiger partial charge in [-0.3, -0.25) is 15.0 Å². The summed E-state index contributed by atoms with van der Waals surface area (Å²) in [5.41, 5.74) is 6.02. The molecule has 1 aliphatic rings. The molecule has 2 rings (SSSR count). The first-order valence-electron chi connectivity index (χ1n) is 7.10. The van der Waals surface area contributed by atoms with E-state index in [1.165, 1.54) is 4.90 Å². The van der Waals surface area contributed by atoms with Gasteiger partial charge in [0.2, 0.25) is 0 Å². The maximum absolute atomic E-state index is 11.8. The molecule has 3 N–H and O–H groups in total. The third-order valence-corrected chi connectivity index (χ3v) is 3.53. The highest BCUT2D eigenvalue weighted by atomic mass is 16.5. The second-order valence-electron chi connectivity index (χ2n) is 5.16. The summed E-state index contributed by atoms with van der Waals surface area (Å²) in [7, 11) is 1.63. The fraction of sp³-hybridized carbons (Fsp3) is 0.400. The van der Waals surface area contributed by atoms with Crippen molar-refractivity contribution in [2.45, 2.75) is 6.42 Å². The van der Waals surface area contributed by atoms with Gasteiger partial charge in [-0.25, -0.2) is 0 Å². The zero-order chi connectivity index (χ0) is 16.1. The number of benzene rings is 1. The van der Waals surface area contributed by atoms with E-state index < -0.39 is 11.8 Å². The average molecular weight is 304 g/mol. The average Bonchev–Trinajstić information content (AvgIpc) is 2.51. The van der Waals surface area contributed by atoms with Crippen molar-refractivity contribution < 1.29 is 14.3 Å². The smallest absolute Gasteiger partial charge is 0.312 e. The van der Waals surface area contributed by atoms with E-state index in [0.29, 0.717) is 44.0 Å². The summed E-state index contributed by atoms with van der Waals surface area (Å²) in [4.78, 5) is 26.3. The van der Waals surface area contributed by atoms with Crippen LogP contribution in [0.25, 0.3) is 0 Å². The number of likely N-dealkylation sites (N-methyl/N-ethyl adjacent to an activating group) is 1. The predicted octanol–water partition coefficient (Wildman–Crippen LogP) is 0.0402. The van der Waals surface area contributed by atoms with Gasteiger partial charge in [0, 0.05) is 32.2 Å². The topological polar surface area (TPSA) is 99.7 Å². The Hall–Kier alpha value is -2.57. The standard InChI is InChI=1S/C15H20N4O3/c1-18-8-9-19(15(21)14(18)20)7-2-10-22-12-5-3-11(4-6-12)13(16)17/h3-6H,2,7-10H2,1H3,(H3,16,17). The van der Waals surface area contributed by atoms with Crippen molar-refractivity contribution >= 4 is 17.6 Å². The maximum atomic E-state index is 11.8. The minimum atomic E-state index is -0.452. The molecule has 7 nitrogen and oxygen atoms in total. The predicted molar refractivity (Wildman–Crippen MR) is 81.8 cm³/mol. The van der Waals surface area contributed by atoms with Crippen LogP contribution in [0, 0.1) is 5.41 Å². The Kier molecular flexibility index (Phi) is 4.98. The Morgan fingerprint density at radius 2 is 1.91 bits per heavy atom. The second-order valence-corrected chi connectivity index (χ2v) is 5.16. The Morgan fingerprint density at radius 3 is 2.55 bits per heavy atom. The van der Waals surface area contributed by atoms with Crippen LogP contribution in [0.5, 0.6) is 5.75 Å². The highest BCUT2D eigenvalue weighted by molar-refractivity contribution is 6.35. The molecule has 0 bridgehead atoms. The van der Waals surface area contributed by atoms with Gasteiger partial charge >= 0.3 is 11.8 Å². The zero-order valence-electron chi connectivity index (χ0n) is 12.5. The molecule has 1 aromatic rings. The van der Waals surface area contributed by atoms with Crippen LogP contribution in [0.3, 0.4) is 0 Å². The van der Waals surface area contributed by atoms with Crippen LogP contribution in [-0.2, 0) is 9.59 Å². The summed E-state index contributed by atoms with van der Waals surface area (Å²) in [5.74, 6) is -0.192. The van der Waals surface area contributed by atoms with Crippen LogP contribution in [0.15, 0.2) is 24.3 Å². The van der Waals surface area contributed by atoms with E-state index in [1.54, 1.807) is 36.2 Å². The van der Waals surface area contributed by atoms with Crippen molar-refractivity contribution in [3.63, 3.8) is 0 Å². The fourth-order valence-corrected chi connectivity index (χ4v) is 2.16. The van der Waals surface area contributed by atoms with Crippen molar-refractivity contribution in [1.82, 2.24) is 9.80 Å². The number of carbonyl (C=O) groups excluding carboxylic acids is 2. The molecule has 1 aliphatic heterocycles. The van der Waals surface area contributed by atoms with Crippen LogP contribution in [0.2, 0.25) is 0 Å². The number of nitrogens with one attached hydrogen (secondary N) is 1. The lowest BCUT2D eigenvalue weighted by Crippen LogP contribution is -2.53. The molecule has 0 aromatic heterocycles. The first kappa shape index (κ1) is 15.8. The Morgan fingerprint density at radius 1 is 1.23 bits per heavy atom. The van der Waals surface area contributed by atoms with E-state index in [0.717, 1.165) is 0 Å². The maximum Gasteiger partial charge on any atom is 0.312 e. The van der Waals surface area contributed by atoms with E-state index in [2.05, 4.69) is 0 Å². The number of amides is 2. The third-order valence-electron chi connectivity index (χ3n) is 3.53. The Balaban J connectivity index is 1.74. The van der Waals surface area contributed by atoms with Gasteiger partial charge in [-0.2, -0.15) is 0 Å². The number of carbonyl (C=O) groups is 2. The van der Waals surface area contributed by atoms with Crippen LogP contribution >= 0.6 is 0 Å². The first-order chi connectivity index (χ1) is 10.5. The number of amidine groups is 1. The Bertz CT molecular complexity index is 571. The third kappa shape index (κ3) is 3.75. The number of ether oxygens (including phenoxy) is 1. The molecule has 1 aromatic carbocycles. The summed E-state index contributed by atoms with van der Waals surface area (Å²) < 4.78 is 5.57. The van der Waals surface area contributed by atoms with Gasteiger partial charge in [0.1, 0.15) is 11.6 Å². The van der Waals surface area contributed by atoms with Crippen molar-refractivity contribution in [3.05, 3.63) is 29.8 Å². The molecule has 2 amide bonds. The molecule has 1 heterocycles. The molecule has 22 heavy (non-hydrogen) atoms. The second kappa shape index (κ2) is 6.93. The molecular weight excluding hydrogens is 284 g/mol. The molecule has 1 fully saturated rings. The molecule has 0 spiro atoms. The number of piperazine rings is 1. The number of hydrogen-bond acceptors (Lipinski definition) is 4. The number of rotatable bonds is 6. The number of nitrogens with zero attached hydrogens (tertiary/aromatic N) is 2. The summed E-state index contributed by atoms with van der Waals surface area (Å²) in [6, 6.07) is 6.95. The van der Waals surface area contributed by atoms with Gasteiger partial charge in [-0.15, -0.1) is 0 Å². The van der Waals surface area contributed by atoms with Crippen LogP contribution in [0.1, 0.15) is 12.0 Å². The number of nitrogens with two attached hydrogens (primary N) is 1. The lowest BCUT2D eigenvalue weighted by Gasteiger charge is -2.31. The van der Waals surface area contributed by atoms with Gasteiger partial charge in [-0.05, 0) is 30.7 Å². The summed E-state index contributed by atoms with van der Waals surface area (Å²) in [6.07, 6.45) is 0.650. The largest absolute Gasteiger partial charge is 0.494 e. The van der Waals surface area contributed by atoms with Crippen LogP contribution in [0.4, 0.5) is 0 Å². The van der Waals surface area contributed by atoms with E-state index >= 15 is 0 Å². The van der Waals surface area contributed by atoms with Gasteiger partial charge in [0.05, 0.1) is 6.61 Å². The van der Waals surface area contributed by atoms with Gasteiger partial charge in [-0.1, -0.05) is 0 Å². The highest BCUT2D eigenvalue weighted by Crippen LogP contribution is 2.12. The van der Waals surface area contributed by atoms with Gasteiger partial charge < -0.3 is 20.3 Å². The monoisotopic (exact) mass is 304 g/mol. The SMILES string of the molecule is CN1CCN(CCCOc2ccc(C(=N)N)cc2)C(=O)C1=O. The highest BCUT2D eigenvalue weighted by Gasteiger charge is 2.29. The molecule has 0 atom stereocenters. The molecule has 1 saturated heterocycles. The molecule has 0 unspecified atom stereocenters. The van der Waals surface area contributed by atoms with Crippen molar-refractivity contribution in [2.75, 3.05) is 33.3 Å². The number of hydrogen-bond donors (Lipinski definition) is 2. The lowest BCUT2D eigenvalue weighted by atomic mass is 10.2. The van der Waals surface area contributed by atoms with Gasteiger partial charge in [0.25, 0.3) is 0 Å². The zero-order valence-corrected chi connectivity index (χ0v) is 12.5. The van der Waals surface area contributed by atoms with E-state index in [4.69, 9.17) is 15.9 Å². The lowest BCUT2D eigenvalue weighted by molar-refractivity contribution is -0.155. The minimum Gasteiger partial charge on any atom is -0.494 e. The summed E-state index contributed by atoms with van der Waals surface area (Å²) in [6.45, 7) is 2.09. The van der Waals surface area contributed by atoms with E-state index in [-0.39, 0.29) is 5.84 Å². The first-order valence-corrected chi connectivity index (χ1v) is 7.10. The van der Waals surface area contributed by atoms with Gasteiger partial charge in [0.15, 0.2) is 0 Å². The minimum absolute atomic E-state index is 0.0183. The normalized spacial score (nSPS) is 15.1. The summed E-state index contributed by atoms with van der Waals surface area (Å²) >= 11 is 0. The Labute approximate surface area is 129 Å². The van der Waals surface area contributed by atoms with E-state index in [9.17, 15) is 9.59 Å². The molecule has 0 radical (unpaired) electrons. The van der Waals surface area contributed by atoms with Crippen molar-refractivity contribution in [2.24, 2.45) is 5.73 Å². The van der Waals surface area contributed by atoms with Crippen LogP contribution in [-0.4, -0.2) is 60.7 Å². The molecule has 0 aliphatic carbocycles. The van der Waals surface area contributed by atoms with Crippen molar-refractivity contribution in [3.8, 4) is 5.75 Å². The molecule has 7 heteroatoms. The fourth-order valence-electron chi connectivity index (χ4n) is 2.16.